The molecule has 2 bridgehead atoms. The second-order valence-electron chi connectivity index (χ2n) is 5.75. The van der Waals surface area contributed by atoms with Crippen LogP contribution in [0.2, 0.25) is 0 Å². The summed E-state index contributed by atoms with van der Waals surface area (Å²) in [5.74, 6) is 0.741. The highest BCUT2D eigenvalue weighted by molar-refractivity contribution is 7.81. The van der Waals surface area contributed by atoms with Crippen LogP contribution in [0.1, 0.15) is 40.0 Å². The Morgan fingerprint density at radius 1 is 1.47 bits per heavy atom. The molecule has 2 nitrogen and oxygen atoms in total. The van der Waals surface area contributed by atoms with Gasteiger partial charge in [0, 0.05) is 5.41 Å². The highest BCUT2D eigenvalue weighted by atomic mass is 32.1. The molecule has 2 aliphatic rings. The quantitative estimate of drug-likeness (QED) is 0.581. The van der Waals surface area contributed by atoms with Gasteiger partial charge in [0.05, 0.1) is 5.75 Å². The summed E-state index contributed by atoms with van der Waals surface area (Å²) >= 11 is 3.95. The number of carbonyl (C=O) groups excluding carboxylic acids is 1. The summed E-state index contributed by atoms with van der Waals surface area (Å²) in [6.07, 6.45) is 3.64. The summed E-state index contributed by atoms with van der Waals surface area (Å²) in [5, 5.41) is 0. The van der Waals surface area contributed by atoms with E-state index in [1.165, 1.54) is 12.8 Å². The van der Waals surface area contributed by atoms with Crippen molar-refractivity contribution in [2.75, 3.05) is 5.75 Å². The predicted octanol–water partition coefficient (Wildman–Crippen LogP) is 2.67. The first kappa shape index (κ1) is 11.3. The van der Waals surface area contributed by atoms with E-state index < -0.39 is 0 Å². The van der Waals surface area contributed by atoms with Crippen molar-refractivity contribution in [3.05, 3.63) is 0 Å². The minimum atomic E-state index is -0.173. The lowest BCUT2D eigenvalue weighted by Gasteiger charge is -2.38. The fourth-order valence-corrected chi connectivity index (χ4v) is 3.58. The maximum atomic E-state index is 11.3. The second kappa shape index (κ2) is 3.41. The van der Waals surface area contributed by atoms with E-state index in [1.54, 1.807) is 0 Å². The van der Waals surface area contributed by atoms with Gasteiger partial charge in [-0.15, -0.1) is 0 Å². The SMILES string of the molecule is CC1(C)[C@@H]2CC[C@]1(C)C(OC(=O)CS)C2. The van der Waals surface area contributed by atoms with Crippen molar-refractivity contribution in [2.45, 2.75) is 46.1 Å². The van der Waals surface area contributed by atoms with E-state index in [0.717, 1.165) is 12.3 Å². The third kappa shape index (κ3) is 1.42. The van der Waals surface area contributed by atoms with E-state index in [-0.39, 0.29) is 23.2 Å². The van der Waals surface area contributed by atoms with Crippen LogP contribution in [0, 0.1) is 16.7 Å². The molecule has 2 aliphatic carbocycles. The van der Waals surface area contributed by atoms with Crippen LogP contribution in [0.15, 0.2) is 0 Å². The van der Waals surface area contributed by atoms with Crippen LogP contribution in [-0.2, 0) is 9.53 Å². The lowest BCUT2D eigenvalue weighted by Crippen LogP contribution is -2.38. The maximum absolute atomic E-state index is 11.3. The van der Waals surface area contributed by atoms with Gasteiger partial charge in [-0.1, -0.05) is 20.8 Å². The van der Waals surface area contributed by atoms with E-state index in [0.29, 0.717) is 5.41 Å². The fourth-order valence-electron chi connectivity index (χ4n) is 3.50. The summed E-state index contributed by atoms with van der Waals surface area (Å²) in [7, 11) is 0. The van der Waals surface area contributed by atoms with E-state index in [9.17, 15) is 4.79 Å². The van der Waals surface area contributed by atoms with Gasteiger partial charge in [0.1, 0.15) is 6.10 Å². The molecule has 3 heteroatoms. The first-order valence-corrected chi connectivity index (χ1v) is 6.35. The van der Waals surface area contributed by atoms with Crippen LogP contribution < -0.4 is 0 Å². The minimum absolute atomic E-state index is 0.117. The fraction of sp³-hybridized carbons (Fsp3) is 0.917. The van der Waals surface area contributed by atoms with Gasteiger partial charge in [-0.05, 0) is 30.6 Å². The highest BCUT2D eigenvalue weighted by Gasteiger charge is 2.62. The molecule has 15 heavy (non-hydrogen) atoms. The minimum Gasteiger partial charge on any atom is -0.461 e. The lowest BCUT2D eigenvalue weighted by molar-refractivity contribution is -0.153. The van der Waals surface area contributed by atoms with Gasteiger partial charge in [-0.25, -0.2) is 0 Å². The van der Waals surface area contributed by atoms with Crippen LogP contribution in [-0.4, -0.2) is 17.8 Å². The highest BCUT2D eigenvalue weighted by Crippen LogP contribution is 2.66. The molecule has 0 amide bonds. The first-order valence-electron chi connectivity index (χ1n) is 5.72. The van der Waals surface area contributed by atoms with Crippen LogP contribution in [0.3, 0.4) is 0 Å². The average molecular weight is 228 g/mol. The van der Waals surface area contributed by atoms with Gasteiger partial charge in [0.2, 0.25) is 0 Å². The van der Waals surface area contributed by atoms with Gasteiger partial charge in [0.15, 0.2) is 0 Å². The summed E-state index contributed by atoms with van der Waals surface area (Å²) in [5.41, 5.74) is 0.491. The molecule has 0 aromatic rings. The number of thiol groups is 1. The normalized spacial score (nSPS) is 41.9. The Kier molecular flexibility index (Phi) is 2.57. The molecule has 0 radical (unpaired) electrons. The van der Waals surface area contributed by atoms with Gasteiger partial charge >= 0.3 is 5.97 Å². The molecule has 2 rings (SSSR count). The summed E-state index contributed by atoms with van der Waals surface area (Å²) in [4.78, 5) is 11.3. The smallest absolute Gasteiger partial charge is 0.315 e. The second-order valence-corrected chi connectivity index (χ2v) is 6.06. The summed E-state index contributed by atoms with van der Waals surface area (Å²) in [6, 6.07) is 0. The molecular formula is C12H20O2S. The first-order chi connectivity index (χ1) is 6.91. The molecule has 2 saturated carbocycles. The Hall–Kier alpha value is -0.180. The molecule has 0 aliphatic heterocycles. The number of esters is 1. The van der Waals surface area contributed by atoms with Crippen molar-refractivity contribution in [1.82, 2.24) is 0 Å². The third-order valence-corrected chi connectivity index (χ3v) is 5.37. The Balaban J connectivity index is 2.15. The zero-order valence-corrected chi connectivity index (χ0v) is 10.6. The monoisotopic (exact) mass is 228 g/mol. The van der Waals surface area contributed by atoms with E-state index in [2.05, 4.69) is 33.4 Å². The molecule has 0 saturated heterocycles. The Morgan fingerprint density at radius 3 is 2.53 bits per heavy atom. The number of hydrogen-bond donors (Lipinski definition) is 1. The topological polar surface area (TPSA) is 26.3 Å². The molecule has 3 atom stereocenters. The third-order valence-electron chi connectivity index (χ3n) is 5.12. The molecule has 0 aromatic carbocycles. The number of carbonyl (C=O) groups is 1. The lowest BCUT2D eigenvalue weighted by atomic mass is 9.70. The Labute approximate surface area is 97.2 Å². The number of fused-ring (bicyclic) bond motifs is 2. The molecule has 1 unspecified atom stereocenters. The maximum Gasteiger partial charge on any atom is 0.315 e. The van der Waals surface area contributed by atoms with Gasteiger partial charge in [-0.3, -0.25) is 4.79 Å². The predicted molar refractivity (Wildman–Crippen MR) is 63.0 cm³/mol. The molecule has 0 spiro atoms. The van der Waals surface area contributed by atoms with Gasteiger partial charge < -0.3 is 4.74 Å². The largest absolute Gasteiger partial charge is 0.461 e. The van der Waals surface area contributed by atoms with Crippen molar-refractivity contribution >= 4 is 18.6 Å². The number of ether oxygens (including phenoxy) is 1. The Bertz CT molecular complexity index is 287. The van der Waals surface area contributed by atoms with Crippen molar-refractivity contribution in [2.24, 2.45) is 16.7 Å². The summed E-state index contributed by atoms with van der Waals surface area (Å²) in [6.45, 7) is 6.91. The van der Waals surface area contributed by atoms with E-state index in [1.807, 2.05) is 0 Å². The molecule has 2 fully saturated rings. The Morgan fingerprint density at radius 2 is 2.13 bits per heavy atom. The van der Waals surface area contributed by atoms with Crippen molar-refractivity contribution in [1.29, 1.82) is 0 Å². The van der Waals surface area contributed by atoms with Crippen molar-refractivity contribution in [3.63, 3.8) is 0 Å². The molecule has 0 N–H and O–H groups in total. The molecule has 0 aromatic heterocycles. The summed E-state index contributed by atoms with van der Waals surface area (Å²) < 4.78 is 5.52. The van der Waals surface area contributed by atoms with E-state index in [4.69, 9.17) is 4.74 Å². The zero-order valence-electron chi connectivity index (χ0n) is 9.75. The van der Waals surface area contributed by atoms with E-state index >= 15 is 0 Å². The van der Waals surface area contributed by atoms with Crippen LogP contribution >= 0.6 is 12.6 Å². The van der Waals surface area contributed by atoms with Crippen LogP contribution in [0.25, 0.3) is 0 Å². The van der Waals surface area contributed by atoms with Crippen molar-refractivity contribution < 1.29 is 9.53 Å². The van der Waals surface area contributed by atoms with Gasteiger partial charge in [-0.2, -0.15) is 12.6 Å². The zero-order chi connectivity index (χ0) is 11.3. The average Bonchev–Trinajstić information content (AvgIpc) is 2.50. The van der Waals surface area contributed by atoms with Crippen LogP contribution in [0.5, 0.6) is 0 Å². The number of hydrogen-bond acceptors (Lipinski definition) is 3. The standard InChI is InChI=1S/C12H20O2S/c1-11(2)8-4-5-12(11,3)9(6-8)14-10(13)7-15/h8-9,15H,4-7H2,1-3H3/t8-,9?,12-/m1/s1. The molecule has 86 valence electrons. The number of rotatable bonds is 2. The molecule has 0 heterocycles. The van der Waals surface area contributed by atoms with Crippen molar-refractivity contribution in [3.8, 4) is 0 Å². The molecular weight excluding hydrogens is 208 g/mol. The van der Waals surface area contributed by atoms with Gasteiger partial charge in [0.25, 0.3) is 0 Å². The van der Waals surface area contributed by atoms with Crippen LogP contribution in [0.4, 0.5) is 0 Å².